The molecule has 0 N–H and O–H groups in total. The molecule has 0 aliphatic carbocycles. The standard InChI is InChI=1S/C14H19N5O3S/c1-2-23(21,22)18-9-12(8-17-7-6-15-13(17)11-18)10-19-14(20)4-3-5-16-19/h3-7,12H,2,8-11H2,1H3/t12-/m1/s1. The van der Waals surface area contributed by atoms with Crippen molar-refractivity contribution < 1.29 is 8.42 Å². The van der Waals surface area contributed by atoms with Gasteiger partial charge in [-0.2, -0.15) is 9.40 Å². The lowest BCUT2D eigenvalue weighted by atomic mass is 10.1. The van der Waals surface area contributed by atoms with Crippen LogP contribution in [0, 0.1) is 5.92 Å². The Kier molecular flexibility index (Phi) is 4.31. The Morgan fingerprint density at radius 1 is 1.30 bits per heavy atom. The zero-order valence-electron chi connectivity index (χ0n) is 12.9. The summed E-state index contributed by atoms with van der Waals surface area (Å²) in [5.74, 6) is 0.710. The average Bonchev–Trinajstić information content (AvgIpc) is 2.88. The van der Waals surface area contributed by atoms with Crippen molar-refractivity contribution in [1.29, 1.82) is 0 Å². The molecule has 1 atom stereocenters. The van der Waals surface area contributed by atoms with Crippen molar-refractivity contribution in [3.8, 4) is 0 Å². The van der Waals surface area contributed by atoms with Crippen LogP contribution in [-0.2, 0) is 29.7 Å². The first-order valence-electron chi connectivity index (χ1n) is 7.49. The Balaban J connectivity index is 1.91. The van der Waals surface area contributed by atoms with Crippen molar-refractivity contribution in [3.63, 3.8) is 0 Å². The summed E-state index contributed by atoms with van der Waals surface area (Å²) in [7, 11) is -3.33. The minimum Gasteiger partial charge on any atom is -0.333 e. The minimum absolute atomic E-state index is 0.0456. The van der Waals surface area contributed by atoms with E-state index in [2.05, 4.69) is 10.1 Å². The molecule has 0 unspecified atom stereocenters. The predicted molar refractivity (Wildman–Crippen MR) is 84.1 cm³/mol. The van der Waals surface area contributed by atoms with Gasteiger partial charge in [0.2, 0.25) is 10.0 Å². The van der Waals surface area contributed by atoms with Gasteiger partial charge in [0.1, 0.15) is 5.82 Å². The quantitative estimate of drug-likeness (QED) is 0.778. The van der Waals surface area contributed by atoms with Crippen LogP contribution in [0.15, 0.2) is 35.5 Å². The van der Waals surface area contributed by atoms with Gasteiger partial charge in [-0.1, -0.05) is 0 Å². The van der Waals surface area contributed by atoms with E-state index >= 15 is 0 Å². The van der Waals surface area contributed by atoms with Crippen LogP contribution in [-0.4, -0.2) is 44.4 Å². The molecule has 0 aromatic carbocycles. The molecule has 1 aliphatic heterocycles. The Morgan fingerprint density at radius 3 is 2.87 bits per heavy atom. The molecule has 124 valence electrons. The van der Waals surface area contributed by atoms with Crippen LogP contribution in [0.4, 0.5) is 0 Å². The highest BCUT2D eigenvalue weighted by molar-refractivity contribution is 7.89. The molecule has 1 aliphatic rings. The van der Waals surface area contributed by atoms with Crippen LogP contribution >= 0.6 is 0 Å². The molecule has 0 fully saturated rings. The lowest BCUT2D eigenvalue weighted by Gasteiger charge is -2.23. The Morgan fingerprint density at radius 2 is 2.13 bits per heavy atom. The first-order valence-corrected chi connectivity index (χ1v) is 9.10. The fourth-order valence-corrected chi connectivity index (χ4v) is 3.90. The summed E-state index contributed by atoms with van der Waals surface area (Å²) in [6.45, 7) is 3.21. The monoisotopic (exact) mass is 337 g/mol. The second-order valence-corrected chi connectivity index (χ2v) is 7.86. The number of sulfonamides is 1. The molecule has 23 heavy (non-hydrogen) atoms. The Hall–Kier alpha value is -2.00. The molecular formula is C14H19N5O3S. The molecular weight excluding hydrogens is 318 g/mol. The maximum absolute atomic E-state index is 12.3. The van der Waals surface area contributed by atoms with Crippen molar-refractivity contribution in [2.75, 3.05) is 12.3 Å². The van der Waals surface area contributed by atoms with Gasteiger partial charge in [0.25, 0.3) is 5.56 Å². The van der Waals surface area contributed by atoms with Gasteiger partial charge in [-0.3, -0.25) is 4.79 Å². The zero-order valence-corrected chi connectivity index (χ0v) is 13.7. The van der Waals surface area contributed by atoms with Crippen LogP contribution in [0.25, 0.3) is 0 Å². The second kappa shape index (κ2) is 6.25. The number of imidazole rings is 1. The molecule has 2 aromatic heterocycles. The molecule has 0 spiro atoms. The fourth-order valence-electron chi connectivity index (χ4n) is 2.78. The van der Waals surface area contributed by atoms with Gasteiger partial charge in [-0.15, -0.1) is 0 Å². The fraction of sp³-hybridized carbons (Fsp3) is 0.500. The van der Waals surface area contributed by atoms with Gasteiger partial charge >= 0.3 is 0 Å². The van der Waals surface area contributed by atoms with Crippen molar-refractivity contribution in [2.45, 2.75) is 26.6 Å². The summed E-state index contributed by atoms with van der Waals surface area (Å²) in [5.41, 5.74) is -0.187. The van der Waals surface area contributed by atoms with Gasteiger partial charge in [0.05, 0.1) is 18.8 Å². The maximum atomic E-state index is 12.3. The molecule has 0 radical (unpaired) electrons. The highest BCUT2D eigenvalue weighted by Gasteiger charge is 2.29. The summed E-state index contributed by atoms with van der Waals surface area (Å²) in [6.07, 6.45) is 5.06. The molecule has 9 heteroatoms. The van der Waals surface area contributed by atoms with E-state index in [1.54, 1.807) is 25.4 Å². The topological polar surface area (TPSA) is 90.1 Å². The first-order chi connectivity index (χ1) is 11.0. The third-order valence-corrected chi connectivity index (χ3v) is 5.81. The second-order valence-electron chi connectivity index (χ2n) is 5.60. The number of fused-ring (bicyclic) bond motifs is 1. The molecule has 3 heterocycles. The largest absolute Gasteiger partial charge is 0.333 e. The van der Waals surface area contributed by atoms with Gasteiger partial charge in [0.15, 0.2) is 0 Å². The van der Waals surface area contributed by atoms with E-state index in [1.807, 2.05) is 10.8 Å². The normalized spacial score (nSPS) is 19.3. The summed E-state index contributed by atoms with van der Waals surface area (Å²) < 4.78 is 29.4. The van der Waals surface area contributed by atoms with Crippen molar-refractivity contribution >= 4 is 10.0 Å². The maximum Gasteiger partial charge on any atom is 0.266 e. The van der Waals surface area contributed by atoms with Crippen LogP contribution in [0.2, 0.25) is 0 Å². The summed E-state index contributed by atoms with van der Waals surface area (Å²) in [6, 6.07) is 3.04. The molecule has 0 amide bonds. The van der Waals surface area contributed by atoms with E-state index in [1.165, 1.54) is 15.1 Å². The number of aromatic nitrogens is 4. The minimum atomic E-state index is -3.33. The zero-order chi connectivity index (χ0) is 16.4. The number of hydrogen-bond acceptors (Lipinski definition) is 5. The SMILES string of the molecule is CCS(=O)(=O)N1Cc2nccn2C[C@@H](Cn2ncccc2=O)C1. The number of nitrogens with zero attached hydrogens (tertiary/aromatic N) is 5. The lowest BCUT2D eigenvalue weighted by molar-refractivity contribution is 0.298. The van der Waals surface area contributed by atoms with Gasteiger partial charge < -0.3 is 4.57 Å². The highest BCUT2D eigenvalue weighted by Crippen LogP contribution is 2.19. The summed E-state index contributed by atoms with van der Waals surface area (Å²) in [5, 5.41) is 4.07. The average molecular weight is 337 g/mol. The van der Waals surface area contributed by atoms with E-state index in [0.717, 1.165) is 5.82 Å². The van der Waals surface area contributed by atoms with E-state index in [9.17, 15) is 13.2 Å². The highest BCUT2D eigenvalue weighted by atomic mass is 32.2. The molecule has 2 aromatic rings. The van der Waals surface area contributed by atoms with Gasteiger partial charge in [-0.25, -0.2) is 18.1 Å². The van der Waals surface area contributed by atoms with Gasteiger partial charge in [0, 0.05) is 43.7 Å². The van der Waals surface area contributed by atoms with Crippen molar-refractivity contribution in [1.82, 2.24) is 23.6 Å². The molecule has 8 nitrogen and oxygen atoms in total. The van der Waals surface area contributed by atoms with Crippen LogP contribution in [0.5, 0.6) is 0 Å². The smallest absolute Gasteiger partial charge is 0.266 e. The third-order valence-electron chi connectivity index (χ3n) is 4.01. The number of hydrogen-bond donors (Lipinski definition) is 0. The predicted octanol–water partition coefficient (Wildman–Crippen LogP) is -0.0785. The Bertz CT molecular complexity index is 842. The van der Waals surface area contributed by atoms with Crippen molar-refractivity contribution in [3.05, 3.63) is 46.9 Å². The van der Waals surface area contributed by atoms with Crippen LogP contribution in [0.3, 0.4) is 0 Å². The van der Waals surface area contributed by atoms with Crippen LogP contribution in [0.1, 0.15) is 12.7 Å². The van der Waals surface area contributed by atoms with E-state index in [-0.39, 0.29) is 23.8 Å². The van der Waals surface area contributed by atoms with Crippen LogP contribution < -0.4 is 5.56 Å². The van der Waals surface area contributed by atoms with E-state index in [4.69, 9.17) is 0 Å². The first kappa shape index (κ1) is 15.9. The Labute approximate surface area is 134 Å². The summed E-state index contributed by atoms with van der Waals surface area (Å²) in [4.78, 5) is 16.1. The van der Waals surface area contributed by atoms with E-state index in [0.29, 0.717) is 19.6 Å². The van der Waals surface area contributed by atoms with E-state index < -0.39 is 10.0 Å². The molecule has 3 rings (SSSR count). The third kappa shape index (κ3) is 3.35. The summed E-state index contributed by atoms with van der Waals surface area (Å²) >= 11 is 0. The molecule has 0 saturated heterocycles. The van der Waals surface area contributed by atoms with Gasteiger partial charge in [-0.05, 0) is 13.0 Å². The van der Waals surface area contributed by atoms with Crippen molar-refractivity contribution in [2.24, 2.45) is 5.92 Å². The lowest BCUT2D eigenvalue weighted by Crippen LogP contribution is -2.37. The molecule has 0 bridgehead atoms. The number of rotatable bonds is 4. The molecule has 0 saturated carbocycles.